The summed E-state index contributed by atoms with van der Waals surface area (Å²) in [6, 6.07) is 8.13. The van der Waals surface area contributed by atoms with Gasteiger partial charge >= 0.3 is 5.69 Å². The van der Waals surface area contributed by atoms with Crippen LogP contribution in [0.15, 0.2) is 53.8 Å². The number of aromatic nitrogens is 7. The molecule has 1 aromatic carbocycles. The third-order valence-corrected chi connectivity index (χ3v) is 5.66. The molecule has 9 heteroatoms. The minimum atomic E-state index is -0.366. The van der Waals surface area contributed by atoms with E-state index in [2.05, 4.69) is 24.9 Å². The lowest BCUT2D eigenvalue weighted by Gasteiger charge is -2.25. The molecule has 4 aromatic heterocycles. The maximum absolute atomic E-state index is 13.8. The first-order valence-electron chi connectivity index (χ1n) is 9.73. The molecule has 1 aliphatic carbocycles. The summed E-state index contributed by atoms with van der Waals surface area (Å²) in [7, 11) is 0. The number of pyridine rings is 1. The second-order valence-corrected chi connectivity index (χ2v) is 7.40. The summed E-state index contributed by atoms with van der Waals surface area (Å²) < 4.78 is 17.1. The van der Waals surface area contributed by atoms with E-state index in [9.17, 15) is 9.18 Å². The maximum Gasteiger partial charge on any atom is 0.328 e. The highest BCUT2D eigenvalue weighted by Crippen LogP contribution is 2.32. The van der Waals surface area contributed by atoms with Gasteiger partial charge in [-0.2, -0.15) is 4.98 Å². The van der Waals surface area contributed by atoms with E-state index in [4.69, 9.17) is 0 Å². The van der Waals surface area contributed by atoms with E-state index >= 15 is 0 Å². The van der Waals surface area contributed by atoms with Gasteiger partial charge in [-0.3, -0.25) is 14.1 Å². The zero-order valence-electron chi connectivity index (χ0n) is 15.8. The van der Waals surface area contributed by atoms with Gasteiger partial charge in [0.25, 0.3) is 0 Å². The van der Waals surface area contributed by atoms with Crippen molar-refractivity contribution in [3.05, 3.63) is 76.6 Å². The lowest BCUT2D eigenvalue weighted by atomic mass is 9.91. The van der Waals surface area contributed by atoms with E-state index < -0.39 is 0 Å². The first-order valence-corrected chi connectivity index (χ1v) is 9.73. The molecule has 0 spiro atoms. The van der Waals surface area contributed by atoms with Gasteiger partial charge < -0.3 is 4.98 Å². The smallest absolute Gasteiger partial charge is 0.303 e. The topological polar surface area (TPSA) is 94.3 Å². The van der Waals surface area contributed by atoms with Gasteiger partial charge in [0.15, 0.2) is 5.65 Å². The minimum absolute atomic E-state index is 0.150. The molecular weight excluding hydrogens is 385 g/mol. The van der Waals surface area contributed by atoms with Crippen molar-refractivity contribution in [2.24, 2.45) is 0 Å². The van der Waals surface area contributed by atoms with Crippen molar-refractivity contribution in [2.75, 3.05) is 0 Å². The summed E-state index contributed by atoms with van der Waals surface area (Å²) in [6.07, 6.45) is 7.58. The van der Waals surface area contributed by atoms with Crippen molar-refractivity contribution in [1.29, 1.82) is 0 Å². The predicted molar refractivity (Wildman–Crippen MR) is 108 cm³/mol. The minimum Gasteiger partial charge on any atom is -0.303 e. The van der Waals surface area contributed by atoms with E-state index in [1.165, 1.54) is 12.1 Å². The highest BCUT2D eigenvalue weighted by Gasteiger charge is 2.26. The Morgan fingerprint density at radius 1 is 1.17 bits per heavy atom. The Bertz CT molecular complexity index is 1480. The molecule has 0 fully saturated rings. The second kappa shape index (κ2) is 6.31. The van der Waals surface area contributed by atoms with Crippen LogP contribution < -0.4 is 5.69 Å². The molecule has 148 valence electrons. The highest BCUT2D eigenvalue weighted by atomic mass is 19.1. The third-order valence-electron chi connectivity index (χ3n) is 5.66. The molecule has 4 heterocycles. The van der Waals surface area contributed by atoms with E-state index in [1.54, 1.807) is 33.9 Å². The summed E-state index contributed by atoms with van der Waals surface area (Å²) in [4.78, 5) is 33.5. The van der Waals surface area contributed by atoms with Crippen LogP contribution in [0.25, 0.3) is 28.1 Å². The van der Waals surface area contributed by atoms with Gasteiger partial charge in [-0.05, 0) is 43.0 Å². The largest absolute Gasteiger partial charge is 0.328 e. The lowest BCUT2D eigenvalue weighted by molar-refractivity contribution is 0.481. The number of nitrogens with zero attached hydrogens (tertiary/aromatic N) is 6. The van der Waals surface area contributed by atoms with Gasteiger partial charge in [-0.15, -0.1) is 0 Å². The molecule has 0 saturated heterocycles. The fourth-order valence-electron chi connectivity index (χ4n) is 4.30. The van der Waals surface area contributed by atoms with Crippen molar-refractivity contribution >= 4 is 22.2 Å². The van der Waals surface area contributed by atoms with Crippen LogP contribution in [0.2, 0.25) is 0 Å². The van der Waals surface area contributed by atoms with Crippen LogP contribution in [-0.2, 0) is 6.42 Å². The molecule has 6 rings (SSSR count). The highest BCUT2D eigenvalue weighted by molar-refractivity contribution is 5.77. The predicted octanol–water partition coefficient (Wildman–Crippen LogP) is 2.92. The van der Waals surface area contributed by atoms with Gasteiger partial charge in [0.1, 0.15) is 17.7 Å². The summed E-state index contributed by atoms with van der Waals surface area (Å²) in [6.45, 7) is 0. The Kier molecular flexibility index (Phi) is 3.58. The van der Waals surface area contributed by atoms with Crippen LogP contribution in [0.4, 0.5) is 4.39 Å². The van der Waals surface area contributed by atoms with Gasteiger partial charge in [-0.25, -0.2) is 19.2 Å². The number of fused-ring (bicyclic) bond motifs is 3. The van der Waals surface area contributed by atoms with Crippen LogP contribution in [-0.4, -0.2) is 34.1 Å². The Hall–Kier alpha value is -3.88. The molecule has 0 bridgehead atoms. The van der Waals surface area contributed by atoms with Crippen molar-refractivity contribution in [2.45, 2.75) is 25.3 Å². The molecule has 0 saturated carbocycles. The Morgan fingerprint density at radius 3 is 3.03 bits per heavy atom. The quantitative estimate of drug-likeness (QED) is 0.491. The zero-order valence-corrected chi connectivity index (χ0v) is 15.8. The van der Waals surface area contributed by atoms with Crippen molar-refractivity contribution in [3.63, 3.8) is 0 Å². The van der Waals surface area contributed by atoms with Gasteiger partial charge in [0.05, 0.1) is 23.3 Å². The normalized spacial score (nSPS) is 16.2. The number of halogens is 1. The summed E-state index contributed by atoms with van der Waals surface area (Å²) in [5.41, 5.74) is 4.08. The van der Waals surface area contributed by atoms with Crippen molar-refractivity contribution < 1.29 is 4.39 Å². The molecule has 0 aliphatic heterocycles. The van der Waals surface area contributed by atoms with Gasteiger partial charge in [0.2, 0.25) is 5.95 Å². The Balaban J connectivity index is 1.56. The summed E-state index contributed by atoms with van der Waals surface area (Å²) in [5, 5.41) is 0. The number of H-pyrrole nitrogens is 1. The average Bonchev–Trinajstić information content (AvgIpc) is 3.32. The number of imidazole rings is 2. The summed E-state index contributed by atoms with van der Waals surface area (Å²) in [5.74, 6) is -0.0410. The summed E-state index contributed by atoms with van der Waals surface area (Å²) >= 11 is 0. The molecule has 30 heavy (non-hydrogen) atoms. The Labute approximate surface area is 169 Å². The number of hydrogen-bond acceptors (Lipinski definition) is 5. The molecule has 8 nitrogen and oxygen atoms in total. The Morgan fingerprint density at radius 2 is 2.10 bits per heavy atom. The van der Waals surface area contributed by atoms with Crippen LogP contribution in [0.1, 0.15) is 30.1 Å². The number of nitrogens with one attached hydrogen (secondary N) is 1. The zero-order chi connectivity index (χ0) is 20.2. The SMILES string of the molecule is O=c1[nH]c2cnc(-n3cnc4ccc(F)cc43)nc2n1[C@H]1CCCc2ncccc21. The van der Waals surface area contributed by atoms with Crippen molar-refractivity contribution in [1.82, 2.24) is 34.1 Å². The monoisotopic (exact) mass is 401 g/mol. The fraction of sp³-hybridized carbons (Fsp3) is 0.190. The second-order valence-electron chi connectivity index (χ2n) is 7.40. The molecule has 0 unspecified atom stereocenters. The number of rotatable bonds is 2. The lowest BCUT2D eigenvalue weighted by Crippen LogP contribution is -2.27. The average molecular weight is 401 g/mol. The van der Waals surface area contributed by atoms with E-state index in [0.29, 0.717) is 28.1 Å². The van der Waals surface area contributed by atoms with Crippen LogP contribution in [0.3, 0.4) is 0 Å². The van der Waals surface area contributed by atoms with Crippen LogP contribution in [0, 0.1) is 5.82 Å². The van der Waals surface area contributed by atoms with E-state index in [1.807, 2.05) is 12.1 Å². The molecule has 1 atom stereocenters. The first kappa shape index (κ1) is 17.0. The fourth-order valence-corrected chi connectivity index (χ4v) is 4.30. The maximum atomic E-state index is 13.8. The van der Waals surface area contributed by atoms with Crippen LogP contribution in [0.5, 0.6) is 0 Å². The van der Waals surface area contributed by atoms with Crippen molar-refractivity contribution in [3.8, 4) is 5.95 Å². The van der Waals surface area contributed by atoms with Gasteiger partial charge in [0, 0.05) is 18.0 Å². The number of aryl methyl sites for hydroxylation is 1. The standard InChI is InChI=1S/C21H16FN7O/c22-12-6-7-15-18(9-12)28(11-25-15)20-24-10-16-19(27-20)29(21(30)26-16)17-5-1-4-14-13(17)3-2-8-23-14/h2-3,6-11,17H,1,4-5H2,(H,26,30)/t17-/m0/s1. The molecule has 0 amide bonds. The first-order chi connectivity index (χ1) is 14.7. The molecule has 5 aromatic rings. The number of hydrogen-bond donors (Lipinski definition) is 1. The number of aromatic amines is 1. The molecular formula is C21H16FN7O. The number of benzene rings is 1. The molecule has 1 N–H and O–H groups in total. The third kappa shape index (κ3) is 2.48. The van der Waals surface area contributed by atoms with E-state index in [-0.39, 0.29) is 17.5 Å². The molecule has 1 aliphatic rings. The molecule has 0 radical (unpaired) electrons. The van der Waals surface area contributed by atoms with Gasteiger partial charge in [-0.1, -0.05) is 6.07 Å². The van der Waals surface area contributed by atoms with E-state index in [0.717, 1.165) is 30.5 Å². The van der Waals surface area contributed by atoms with Crippen LogP contribution >= 0.6 is 0 Å².